The molecule has 0 saturated carbocycles. The van der Waals surface area contributed by atoms with Gasteiger partial charge in [0.2, 0.25) is 27.1 Å². The highest BCUT2D eigenvalue weighted by molar-refractivity contribution is 7.83. The second-order valence-corrected chi connectivity index (χ2v) is 9.92. The number of ether oxygens (including phenoxy) is 3. The van der Waals surface area contributed by atoms with Crippen molar-refractivity contribution in [3.8, 4) is 0 Å². The summed E-state index contributed by atoms with van der Waals surface area (Å²) in [6.45, 7) is -1.36. The largest absolute Gasteiger partial charge is 0.735 e. The molecule has 2 aliphatic rings. The molecule has 204 valence electrons. The summed E-state index contributed by atoms with van der Waals surface area (Å²) in [5.74, 6) is -3.31. The van der Waals surface area contributed by atoms with Crippen molar-refractivity contribution >= 4 is 37.1 Å². The lowest BCUT2D eigenvalue weighted by Gasteiger charge is -2.45. The van der Waals surface area contributed by atoms with Crippen LogP contribution in [0.4, 0.5) is 0 Å². The van der Waals surface area contributed by atoms with Gasteiger partial charge in [-0.2, -0.15) is 0 Å². The van der Waals surface area contributed by atoms with Gasteiger partial charge in [-0.05, 0) is 6.08 Å². The lowest BCUT2D eigenvalue weighted by molar-refractivity contribution is -0.320. The van der Waals surface area contributed by atoms with Gasteiger partial charge in [-0.1, -0.05) is 0 Å². The molecule has 2 aliphatic heterocycles. The summed E-state index contributed by atoms with van der Waals surface area (Å²) in [7, 11) is -16.5. The highest BCUT2D eigenvalue weighted by Crippen LogP contribution is 2.30. The Balaban J connectivity index is 2.44. The van der Waals surface area contributed by atoms with Crippen molar-refractivity contribution in [1.29, 1.82) is 0 Å². The number of carboxylic acid groups (broad SMARTS) is 1. The van der Waals surface area contributed by atoms with Crippen molar-refractivity contribution in [3.05, 3.63) is 11.8 Å². The third-order valence-corrected chi connectivity index (χ3v) is 5.68. The average molecular weight is 573 g/mol. The van der Waals surface area contributed by atoms with Gasteiger partial charge in [0.15, 0.2) is 22.7 Å². The van der Waals surface area contributed by atoms with Crippen molar-refractivity contribution in [2.45, 2.75) is 49.1 Å². The van der Waals surface area contributed by atoms with Gasteiger partial charge in [0, 0.05) is 0 Å². The van der Waals surface area contributed by atoms with Gasteiger partial charge in [0.1, 0.15) is 42.2 Å². The van der Waals surface area contributed by atoms with Crippen molar-refractivity contribution in [1.82, 2.24) is 4.72 Å². The van der Waals surface area contributed by atoms with Crippen molar-refractivity contribution < 1.29 is 86.7 Å². The predicted molar refractivity (Wildman–Crippen MR) is 92.6 cm³/mol. The summed E-state index contributed by atoms with van der Waals surface area (Å²) in [5.41, 5.74) is 0. The van der Waals surface area contributed by atoms with Crippen LogP contribution in [-0.2, 0) is 58.5 Å². The molecule has 2 heterocycles. The smallest absolute Gasteiger partial charge is 0.231 e. The first-order valence-corrected chi connectivity index (χ1v) is 12.8. The number of carboxylic acids is 1. The molecule has 0 aromatic rings. The Morgan fingerprint density at radius 1 is 1.03 bits per heavy atom. The molecule has 8 atom stereocenters. The molecule has 0 radical (unpaired) electrons. The fourth-order valence-electron chi connectivity index (χ4n) is 2.94. The number of nitrogens with one attached hydrogen (secondary N) is 1. The van der Waals surface area contributed by atoms with Gasteiger partial charge < -0.3 is 53.1 Å². The van der Waals surface area contributed by atoms with E-state index in [1.165, 1.54) is 4.72 Å². The van der Waals surface area contributed by atoms with Gasteiger partial charge >= 0.3 is 0 Å². The van der Waals surface area contributed by atoms with Crippen LogP contribution in [0, 0.1) is 0 Å². The van der Waals surface area contributed by atoms with Crippen LogP contribution >= 0.6 is 0 Å². The monoisotopic (exact) mass is 573 g/mol. The Kier molecular flexibility index (Phi) is 9.15. The first-order chi connectivity index (χ1) is 15.8. The summed E-state index contributed by atoms with van der Waals surface area (Å²) in [6.07, 6.45) is -15.9. The zero-order valence-corrected chi connectivity index (χ0v) is 19.0. The molecule has 0 bridgehead atoms. The highest BCUT2D eigenvalue weighted by Gasteiger charge is 2.50. The molecule has 2 rings (SSSR count). The Hall–Kier alpha value is -1.58. The minimum Gasteiger partial charge on any atom is -0.735 e. The van der Waals surface area contributed by atoms with E-state index in [-0.39, 0.29) is 0 Å². The summed E-state index contributed by atoms with van der Waals surface area (Å²) >= 11 is 0. The van der Waals surface area contributed by atoms with Crippen LogP contribution in [0.25, 0.3) is 0 Å². The molecule has 0 aromatic heterocycles. The van der Waals surface area contributed by atoms with Crippen LogP contribution in [0.2, 0.25) is 0 Å². The number of hydrogen-bond acceptors (Lipinski definition) is 19. The van der Waals surface area contributed by atoms with E-state index in [4.69, 9.17) is 14.2 Å². The van der Waals surface area contributed by atoms with Gasteiger partial charge in [0.05, 0.1) is 6.61 Å². The van der Waals surface area contributed by atoms with E-state index in [0.29, 0.717) is 6.08 Å². The van der Waals surface area contributed by atoms with Crippen molar-refractivity contribution in [3.63, 3.8) is 0 Å². The number of hydrogen-bond donors (Lipinski definition) is 4. The molecule has 0 aliphatic carbocycles. The highest BCUT2D eigenvalue weighted by atomic mass is 32.3. The predicted octanol–water partition coefficient (Wildman–Crippen LogP) is -7.46. The lowest BCUT2D eigenvalue weighted by Crippen LogP contribution is -2.66. The van der Waals surface area contributed by atoms with E-state index in [9.17, 15) is 64.1 Å². The first-order valence-electron chi connectivity index (χ1n) is 8.70. The van der Waals surface area contributed by atoms with Crippen LogP contribution < -0.4 is 9.83 Å². The lowest BCUT2D eigenvalue weighted by atomic mass is 9.97. The van der Waals surface area contributed by atoms with Gasteiger partial charge in [0.25, 0.3) is 0 Å². The quantitative estimate of drug-likeness (QED) is 0.139. The first kappa shape index (κ1) is 29.6. The van der Waals surface area contributed by atoms with E-state index in [1.807, 2.05) is 0 Å². The fraction of sp³-hybridized carbons (Fsp3) is 0.750. The molecule has 1 fully saturated rings. The number of carbonyl (C=O) groups excluding carboxylic acids is 1. The number of aliphatic carboxylic acids is 1. The van der Waals surface area contributed by atoms with Crippen LogP contribution in [-0.4, -0.2) is 116 Å². The molecule has 0 amide bonds. The van der Waals surface area contributed by atoms with E-state index in [2.05, 4.69) is 8.37 Å². The Morgan fingerprint density at radius 2 is 1.63 bits per heavy atom. The van der Waals surface area contributed by atoms with Gasteiger partial charge in [-0.15, -0.1) is 0 Å². The molecular weight excluding hydrogens is 558 g/mol. The maximum Gasteiger partial charge on any atom is 0.231 e. The van der Waals surface area contributed by atoms with E-state index in [0.717, 1.165) is 0 Å². The van der Waals surface area contributed by atoms with Crippen LogP contribution in [0.3, 0.4) is 0 Å². The number of aliphatic hydroxyl groups excluding tert-OH is 3. The Morgan fingerprint density at radius 3 is 2.11 bits per heavy atom. The summed E-state index contributed by atoms with van der Waals surface area (Å²) in [6, 6.07) is -2.25. The molecule has 20 nitrogen and oxygen atoms in total. The number of rotatable bonds is 10. The third-order valence-electron chi connectivity index (χ3n) is 4.24. The molecule has 0 aromatic carbocycles. The van der Waals surface area contributed by atoms with Crippen LogP contribution in [0.1, 0.15) is 0 Å². The third kappa shape index (κ3) is 8.79. The maximum atomic E-state index is 11.1. The number of aliphatic hydroxyl groups is 3. The standard InChI is InChI=1S/C12H19NO19S3/c14-3-1-4(10(16)17)30-12(8(3)32-35(25,26)27)31-9-5(2-28-34(22,23)24)29-11(18)6(7(9)15)13-33(19,20)21/h1,3,5-9,11-15,18H,2H2,(H,16,17)(H,19,20,21)(H,22,23,24)(H,25,26,27)/p-4/t3-,5+,6-,7+,8-,9-,11+,12-/m1/s1. The normalized spacial score (nSPS) is 34.6. The summed E-state index contributed by atoms with van der Waals surface area (Å²) < 4.78 is 122. The van der Waals surface area contributed by atoms with E-state index in [1.54, 1.807) is 0 Å². The Bertz CT molecular complexity index is 1130. The van der Waals surface area contributed by atoms with Crippen molar-refractivity contribution in [2.24, 2.45) is 0 Å². The van der Waals surface area contributed by atoms with Crippen LogP contribution in [0.15, 0.2) is 11.8 Å². The summed E-state index contributed by atoms with van der Waals surface area (Å²) in [5, 5.41) is 41.4. The van der Waals surface area contributed by atoms with E-state index >= 15 is 0 Å². The number of carbonyl (C=O) groups is 1. The average Bonchev–Trinajstić information content (AvgIpc) is 2.65. The molecular formula is C12H15NO19S3-4. The van der Waals surface area contributed by atoms with Gasteiger partial charge in [-0.3, -0.25) is 8.37 Å². The maximum absolute atomic E-state index is 11.1. The molecule has 4 N–H and O–H groups in total. The zero-order chi connectivity index (χ0) is 26.9. The minimum absolute atomic E-state index is 0.335. The zero-order valence-electron chi connectivity index (χ0n) is 16.5. The summed E-state index contributed by atoms with van der Waals surface area (Å²) in [4.78, 5) is 11.1. The molecule has 23 heteroatoms. The molecule has 0 spiro atoms. The fourth-order valence-corrected chi connectivity index (χ4v) is 4.31. The minimum atomic E-state index is -5.64. The second kappa shape index (κ2) is 10.8. The Labute approximate surface area is 196 Å². The molecule has 35 heavy (non-hydrogen) atoms. The van der Waals surface area contributed by atoms with Gasteiger partial charge in [-0.25, -0.2) is 30.0 Å². The van der Waals surface area contributed by atoms with Crippen LogP contribution in [0.5, 0.6) is 0 Å². The SMILES string of the molecule is O=C([O-])C1=C[C@@H](O)[C@@H](OS(=O)(=O)[O-])[C@@H](O[C@H]2[C@@H](O)[C@@H](NS(=O)(=O)[O-])[C@@H](O)O[C@H]2COS(=O)(=O)[O-])O1. The molecule has 0 unspecified atom stereocenters. The topological polar surface area (TPSA) is 331 Å². The van der Waals surface area contributed by atoms with E-state index < -0.39 is 98.6 Å². The molecule has 1 saturated heterocycles. The second-order valence-electron chi connectivity index (χ2n) is 6.71. The van der Waals surface area contributed by atoms with Crippen molar-refractivity contribution in [2.75, 3.05) is 6.61 Å².